The summed E-state index contributed by atoms with van der Waals surface area (Å²) in [6.07, 6.45) is 1.73. The molecule has 1 aliphatic rings. The number of hydrogen-bond acceptors (Lipinski definition) is 4. The lowest BCUT2D eigenvalue weighted by Gasteiger charge is -2.12. The van der Waals surface area contributed by atoms with E-state index in [4.69, 9.17) is 4.74 Å². The summed E-state index contributed by atoms with van der Waals surface area (Å²) in [4.78, 5) is 27.0. The predicted octanol–water partition coefficient (Wildman–Crippen LogP) is 6.12. The van der Waals surface area contributed by atoms with Crippen molar-refractivity contribution in [1.82, 2.24) is 0 Å². The van der Waals surface area contributed by atoms with E-state index >= 15 is 0 Å². The average molecular weight is 416 g/mol. The molecule has 2 amide bonds. The molecule has 1 saturated heterocycles. The van der Waals surface area contributed by atoms with Crippen LogP contribution in [-0.4, -0.2) is 11.1 Å². The summed E-state index contributed by atoms with van der Waals surface area (Å²) < 4.78 is 6.00. The van der Waals surface area contributed by atoms with Crippen LogP contribution < -0.4 is 9.64 Å². The molecule has 1 fully saturated rings. The number of ether oxygens (including phenoxy) is 1. The third-order valence-electron chi connectivity index (χ3n) is 4.81. The molecule has 4 nitrogen and oxygen atoms in total. The Morgan fingerprint density at radius 3 is 2.20 bits per heavy atom. The number of rotatable bonds is 5. The average Bonchev–Trinajstić information content (AvgIpc) is 3.02. The monoisotopic (exact) mass is 415 g/mol. The Kier molecular flexibility index (Phi) is 5.72. The van der Waals surface area contributed by atoms with Crippen LogP contribution in [0, 0.1) is 13.8 Å². The number of hydrogen-bond donors (Lipinski definition) is 0. The van der Waals surface area contributed by atoms with Crippen molar-refractivity contribution in [2.24, 2.45) is 0 Å². The van der Waals surface area contributed by atoms with Crippen LogP contribution in [0.1, 0.15) is 22.3 Å². The minimum atomic E-state index is -0.317. The first-order chi connectivity index (χ1) is 14.5. The minimum absolute atomic E-state index is 0.298. The first-order valence-corrected chi connectivity index (χ1v) is 10.4. The van der Waals surface area contributed by atoms with Crippen molar-refractivity contribution in [2.75, 3.05) is 4.90 Å². The highest BCUT2D eigenvalue weighted by Gasteiger charge is 2.36. The number of benzene rings is 3. The van der Waals surface area contributed by atoms with Crippen LogP contribution in [0.3, 0.4) is 0 Å². The number of thioether (sulfide) groups is 1. The van der Waals surface area contributed by atoms with Gasteiger partial charge in [0.15, 0.2) is 0 Å². The van der Waals surface area contributed by atoms with Crippen LogP contribution in [0.2, 0.25) is 0 Å². The molecule has 5 heteroatoms. The molecule has 0 radical (unpaired) electrons. The molecule has 0 unspecified atom stereocenters. The maximum absolute atomic E-state index is 12.9. The van der Waals surface area contributed by atoms with E-state index in [1.165, 1.54) is 10.5 Å². The lowest BCUT2D eigenvalue weighted by atomic mass is 10.1. The van der Waals surface area contributed by atoms with Gasteiger partial charge in [-0.1, -0.05) is 65.7 Å². The van der Waals surface area contributed by atoms with E-state index in [-0.39, 0.29) is 11.1 Å². The molecule has 0 bridgehead atoms. The van der Waals surface area contributed by atoms with E-state index in [0.717, 1.165) is 28.5 Å². The van der Waals surface area contributed by atoms with Gasteiger partial charge in [0.05, 0.1) is 10.6 Å². The molecular formula is C25H21NO3S. The van der Waals surface area contributed by atoms with Gasteiger partial charge < -0.3 is 4.74 Å². The maximum Gasteiger partial charge on any atom is 0.298 e. The van der Waals surface area contributed by atoms with Crippen LogP contribution >= 0.6 is 11.8 Å². The molecule has 4 rings (SSSR count). The van der Waals surface area contributed by atoms with E-state index < -0.39 is 0 Å². The summed E-state index contributed by atoms with van der Waals surface area (Å²) in [6, 6.07) is 23.0. The van der Waals surface area contributed by atoms with Crippen molar-refractivity contribution >= 4 is 34.7 Å². The second-order valence-corrected chi connectivity index (χ2v) is 8.16. The van der Waals surface area contributed by atoms with Crippen LogP contribution in [0.4, 0.5) is 10.5 Å². The Balaban J connectivity index is 1.56. The van der Waals surface area contributed by atoms with Crippen LogP contribution in [0.15, 0.2) is 77.7 Å². The van der Waals surface area contributed by atoms with Gasteiger partial charge in [0, 0.05) is 5.56 Å². The van der Waals surface area contributed by atoms with Crippen molar-refractivity contribution in [3.8, 4) is 5.75 Å². The number of aryl methyl sites for hydroxylation is 2. The Hall–Kier alpha value is -3.31. The van der Waals surface area contributed by atoms with Crippen molar-refractivity contribution in [2.45, 2.75) is 20.5 Å². The fourth-order valence-electron chi connectivity index (χ4n) is 3.10. The van der Waals surface area contributed by atoms with E-state index in [1.54, 1.807) is 18.2 Å². The van der Waals surface area contributed by atoms with Gasteiger partial charge in [-0.2, -0.15) is 0 Å². The quantitative estimate of drug-likeness (QED) is 0.471. The van der Waals surface area contributed by atoms with Crippen molar-refractivity contribution in [1.29, 1.82) is 0 Å². The highest BCUT2D eigenvalue weighted by Crippen LogP contribution is 2.37. The molecule has 0 saturated carbocycles. The molecule has 0 aliphatic carbocycles. The van der Waals surface area contributed by atoms with Gasteiger partial charge in [-0.05, 0) is 55.4 Å². The van der Waals surface area contributed by atoms with Gasteiger partial charge in [0.2, 0.25) is 0 Å². The van der Waals surface area contributed by atoms with Crippen LogP contribution in [0.5, 0.6) is 5.75 Å². The van der Waals surface area contributed by atoms with E-state index in [2.05, 4.69) is 0 Å². The summed E-state index contributed by atoms with van der Waals surface area (Å²) in [5.41, 5.74) is 4.67. The lowest BCUT2D eigenvalue weighted by Crippen LogP contribution is -2.27. The third-order valence-corrected chi connectivity index (χ3v) is 5.68. The zero-order valence-electron chi connectivity index (χ0n) is 16.8. The van der Waals surface area contributed by atoms with Gasteiger partial charge >= 0.3 is 0 Å². The fourth-order valence-corrected chi connectivity index (χ4v) is 3.93. The van der Waals surface area contributed by atoms with Crippen LogP contribution in [0.25, 0.3) is 6.08 Å². The molecule has 30 heavy (non-hydrogen) atoms. The first kappa shape index (κ1) is 20.0. The Labute approximate surface area is 180 Å². The van der Waals surface area contributed by atoms with Gasteiger partial charge in [0.1, 0.15) is 12.4 Å². The first-order valence-electron chi connectivity index (χ1n) is 9.63. The van der Waals surface area contributed by atoms with Gasteiger partial charge in [-0.15, -0.1) is 0 Å². The maximum atomic E-state index is 12.9. The molecule has 3 aromatic rings. The third kappa shape index (κ3) is 4.31. The smallest absolute Gasteiger partial charge is 0.298 e. The molecule has 0 N–H and O–H groups in total. The minimum Gasteiger partial charge on any atom is -0.488 e. The fraction of sp³-hybridized carbons (Fsp3) is 0.120. The van der Waals surface area contributed by atoms with Crippen LogP contribution in [-0.2, 0) is 11.4 Å². The van der Waals surface area contributed by atoms with Crippen molar-refractivity contribution in [3.63, 3.8) is 0 Å². The molecule has 0 spiro atoms. The van der Waals surface area contributed by atoms with E-state index in [1.807, 2.05) is 74.5 Å². The standard InChI is InChI=1S/C25H21NO3S/c1-17-7-11-19(12-8-17)16-29-22-6-4-3-5-20(22)15-23-24(27)26(25(28)30-23)21-13-9-18(2)10-14-21/h3-15H,16H2,1-2H3/b23-15-. The van der Waals surface area contributed by atoms with Crippen molar-refractivity contribution < 1.29 is 14.3 Å². The van der Waals surface area contributed by atoms with E-state index in [0.29, 0.717) is 22.9 Å². The molecule has 0 atom stereocenters. The number of carbonyl (C=O) groups excluding carboxylic acids is 2. The SMILES string of the molecule is Cc1ccc(COc2ccccc2/C=C2\SC(=O)N(c3ccc(C)cc3)C2=O)cc1. The van der Waals surface area contributed by atoms with Gasteiger partial charge in [-0.25, -0.2) is 4.90 Å². The summed E-state index contributed by atoms with van der Waals surface area (Å²) in [5, 5.41) is -0.298. The van der Waals surface area contributed by atoms with Crippen molar-refractivity contribution in [3.05, 3.63) is 100.0 Å². The zero-order valence-corrected chi connectivity index (χ0v) is 17.6. The second-order valence-electron chi connectivity index (χ2n) is 7.16. The number of nitrogens with zero attached hydrogens (tertiary/aromatic N) is 1. The van der Waals surface area contributed by atoms with Gasteiger partial charge in [0.25, 0.3) is 11.1 Å². The number of anilines is 1. The Morgan fingerprint density at radius 1 is 0.867 bits per heavy atom. The Bertz CT molecular complexity index is 1120. The number of para-hydroxylation sites is 1. The normalized spacial score (nSPS) is 15.1. The molecule has 1 aliphatic heterocycles. The molecule has 3 aromatic carbocycles. The topological polar surface area (TPSA) is 46.6 Å². The van der Waals surface area contributed by atoms with Gasteiger partial charge in [-0.3, -0.25) is 9.59 Å². The largest absolute Gasteiger partial charge is 0.488 e. The summed E-state index contributed by atoms with van der Waals surface area (Å²) in [5.74, 6) is 0.349. The summed E-state index contributed by atoms with van der Waals surface area (Å²) in [7, 11) is 0. The number of imide groups is 1. The highest BCUT2D eigenvalue weighted by molar-refractivity contribution is 8.19. The zero-order chi connectivity index (χ0) is 21.1. The second kappa shape index (κ2) is 8.59. The molecule has 1 heterocycles. The number of carbonyl (C=O) groups is 2. The lowest BCUT2D eigenvalue weighted by molar-refractivity contribution is -0.113. The summed E-state index contributed by atoms with van der Waals surface area (Å²) >= 11 is 0.943. The molecule has 0 aromatic heterocycles. The Morgan fingerprint density at radius 2 is 1.50 bits per heavy atom. The molecule has 150 valence electrons. The van der Waals surface area contributed by atoms with E-state index in [9.17, 15) is 9.59 Å². The predicted molar refractivity (Wildman–Crippen MR) is 122 cm³/mol. The summed E-state index contributed by atoms with van der Waals surface area (Å²) in [6.45, 7) is 4.44. The number of amides is 2. The molecular weight excluding hydrogens is 394 g/mol. The highest BCUT2D eigenvalue weighted by atomic mass is 32.2.